The first-order chi connectivity index (χ1) is 10.7. The van der Waals surface area contributed by atoms with Crippen LogP contribution >= 0.6 is 22.6 Å². The number of halogens is 1. The van der Waals surface area contributed by atoms with Crippen LogP contribution in [0, 0.1) is 3.57 Å². The van der Waals surface area contributed by atoms with Crippen molar-refractivity contribution in [2.75, 3.05) is 0 Å². The minimum Gasteiger partial charge on any atom is -0.221 e. The average Bonchev–Trinajstić information content (AvgIpc) is 2.51. The summed E-state index contributed by atoms with van der Waals surface area (Å²) in [6.07, 6.45) is 11.7. The molecule has 0 saturated heterocycles. The van der Waals surface area contributed by atoms with Crippen LogP contribution in [0.15, 0.2) is 12.1 Å². The van der Waals surface area contributed by atoms with E-state index in [2.05, 4.69) is 60.5 Å². The lowest BCUT2D eigenvalue weighted by Gasteiger charge is -2.17. The molecule has 0 spiro atoms. The van der Waals surface area contributed by atoms with Crippen LogP contribution in [0.5, 0.6) is 0 Å². The molecule has 0 aliphatic rings. The summed E-state index contributed by atoms with van der Waals surface area (Å²) in [7, 11) is 0. The number of rotatable bonds is 9. The van der Waals surface area contributed by atoms with Crippen molar-refractivity contribution in [3.05, 3.63) is 32.4 Å². The Kier molecular flexibility index (Phi) is 14.3. The van der Waals surface area contributed by atoms with Crippen molar-refractivity contribution in [2.45, 2.75) is 78.6 Å². The van der Waals surface area contributed by atoms with Gasteiger partial charge in [-0.1, -0.05) is 51.1 Å². The Morgan fingerprint density at radius 3 is 1.77 bits per heavy atom. The minimum atomic E-state index is 1.27. The van der Waals surface area contributed by atoms with E-state index in [4.69, 9.17) is 10.5 Å². The summed E-state index contributed by atoms with van der Waals surface area (Å²) in [6, 6.07) is 4.73. The van der Waals surface area contributed by atoms with Crippen LogP contribution in [-0.4, -0.2) is 10.5 Å². The highest BCUT2D eigenvalue weighted by molar-refractivity contribution is 14.1. The minimum absolute atomic E-state index is 1.27. The highest BCUT2D eigenvalue weighted by Gasteiger charge is 2.11. The van der Waals surface area contributed by atoms with Crippen LogP contribution in [0.4, 0.5) is 0 Å². The first-order valence-corrected chi connectivity index (χ1v) is 9.48. The zero-order valence-corrected chi connectivity index (χ0v) is 16.4. The third-order valence-corrected chi connectivity index (χ3v) is 4.84. The molecule has 0 saturated carbocycles. The second-order valence-electron chi connectivity index (χ2n) is 5.56. The molecule has 0 aromatic heterocycles. The summed E-state index contributed by atoms with van der Waals surface area (Å²) >= 11 is 2.53. The zero-order chi connectivity index (χ0) is 16.8. The van der Waals surface area contributed by atoms with Crippen molar-refractivity contribution in [3.63, 3.8) is 0 Å². The molecule has 22 heavy (non-hydrogen) atoms. The topological polar surface area (TPSA) is 49.7 Å². The predicted molar refractivity (Wildman–Crippen MR) is 101 cm³/mol. The lowest BCUT2D eigenvalue weighted by Crippen LogP contribution is -2.04. The van der Waals surface area contributed by atoms with Crippen LogP contribution in [-0.2, 0) is 24.3 Å². The van der Waals surface area contributed by atoms with Crippen molar-refractivity contribution >= 4 is 22.6 Å². The van der Waals surface area contributed by atoms with Crippen molar-refractivity contribution < 1.29 is 15.6 Å². The Balaban J connectivity index is 0.00000135. The second-order valence-corrected chi connectivity index (χ2v) is 6.72. The van der Waals surface area contributed by atoms with Gasteiger partial charge in [-0.25, -0.2) is 10.5 Å². The molecular weight excluding hydrogens is 391 g/mol. The Morgan fingerprint density at radius 2 is 1.27 bits per heavy atom. The molecule has 0 bridgehead atoms. The molecule has 0 heterocycles. The Labute approximate surface area is 149 Å². The van der Waals surface area contributed by atoms with Gasteiger partial charge in [-0.3, -0.25) is 0 Å². The number of aryl methyl sites for hydroxylation is 1. The Bertz CT molecular complexity index is 394. The molecule has 0 atom stereocenters. The third-order valence-electron chi connectivity index (χ3n) is 3.83. The van der Waals surface area contributed by atoms with Gasteiger partial charge in [-0.15, -0.1) is 0 Å². The summed E-state index contributed by atoms with van der Waals surface area (Å²) in [5.74, 6) is 0. The summed E-state index contributed by atoms with van der Waals surface area (Å²) in [5.41, 5.74) is 4.97. The molecule has 0 aliphatic carbocycles. The van der Waals surface area contributed by atoms with Crippen LogP contribution in [0.25, 0.3) is 0 Å². The molecule has 1 aromatic rings. The summed E-state index contributed by atoms with van der Waals surface area (Å²) < 4.78 is 1.48. The van der Waals surface area contributed by atoms with Gasteiger partial charge < -0.3 is 0 Å². The van der Waals surface area contributed by atoms with Gasteiger partial charge in [0.2, 0.25) is 0 Å². The molecule has 0 amide bonds. The molecule has 1 rings (SSSR count). The molecule has 4 heteroatoms. The number of hydrogen-bond acceptors (Lipinski definition) is 3. The highest BCUT2D eigenvalue weighted by atomic mass is 127. The Morgan fingerprint density at radius 1 is 0.818 bits per heavy atom. The smallest absolute Gasteiger partial charge is 0.0165 e. The van der Waals surface area contributed by atoms with Crippen molar-refractivity contribution in [3.8, 4) is 0 Å². The molecule has 0 fully saturated rings. The van der Waals surface area contributed by atoms with E-state index in [1.165, 1.54) is 61.4 Å². The van der Waals surface area contributed by atoms with E-state index in [9.17, 15) is 0 Å². The maximum atomic E-state index is 6.62. The fraction of sp³-hybridized carbons (Fsp3) is 0.667. The van der Waals surface area contributed by atoms with Crippen molar-refractivity contribution in [1.29, 1.82) is 0 Å². The number of hydrogen-bond donors (Lipinski definition) is 2. The number of unbranched alkanes of at least 4 members (excludes halogenated alkanes) is 3. The van der Waals surface area contributed by atoms with Gasteiger partial charge in [0.25, 0.3) is 0 Å². The van der Waals surface area contributed by atoms with E-state index in [0.29, 0.717) is 0 Å². The van der Waals surface area contributed by atoms with Gasteiger partial charge in [0, 0.05) is 3.57 Å². The predicted octanol–water partition coefficient (Wildman–Crippen LogP) is 6.27. The van der Waals surface area contributed by atoms with Crippen LogP contribution in [0.3, 0.4) is 0 Å². The molecule has 0 aliphatic heterocycles. The normalized spacial score (nSPS) is 10.3. The van der Waals surface area contributed by atoms with Crippen LogP contribution < -0.4 is 0 Å². The SMILES string of the molecule is CCCCc1ccc(I)c(CCCC)c1CCCC.OOO. The van der Waals surface area contributed by atoms with Crippen molar-refractivity contribution in [2.24, 2.45) is 0 Å². The lowest BCUT2D eigenvalue weighted by molar-refractivity contribution is -0.465. The monoisotopic (exact) mass is 422 g/mol. The summed E-state index contributed by atoms with van der Waals surface area (Å²) in [5, 5.41) is 15.5. The third kappa shape index (κ3) is 8.46. The average molecular weight is 422 g/mol. The van der Waals surface area contributed by atoms with E-state index in [1.54, 1.807) is 16.7 Å². The molecule has 0 radical (unpaired) electrons. The van der Waals surface area contributed by atoms with Gasteiger partial charge in [0.1, 0.15) is 0 Å². The second kappa shape index (κ2) is 14.4. The fourth-order valence-corrected chi connectivity index (χ4v) is 3.38. The Hall–Kier alpha value is -0.170. The van der Waals surface area contributed by atoms with E-state index in [-0.39, 0.29) is 0 Å². The standard InChI is InChI=1S/C18H29I.H2O3/c1-4-7-10-15-13-14-18(19)17(12-9-6-3)16(15)11-8-5-2;1-3-2/h13-14H,4-12H2,1-3H3;1-2H. The van der Waals surface area contributed by atoms with Crippen molar-refractivity contribution in [1.82, 2.24) is 0 Å². The molecule has 1 aromatic carbocycles. The summed E-state index contributed by atoms with van der Waals surface area (Å²) in [4.78, 5) is 0. The molecule has 128 valence electrons. The van der Waals surface area contributed by atoms with Gasteiger partial charge >= 0.3 is 0 Å². The van der Waals surface area contributed by atoms with Gasteiger partial charge in [0.15, 0.2) is 0 Å². The summed E-state index contributed by atoms with van der Waals surface area (Å²) in [6.45, 7) is 6.88. The van der Waals surface area contributed by atoms with E-state index in [1.807, 2.05) is 0 Å². The zero-order valence-electron chi connectivity index (χ0n) is 14.2. The fourth-order valence-electron chi connectivity index (χ4n) is 2.60. The van der Waals surface area contributed by atoms with E-state index in [0.717, 1.165) is 0 Å². The van der Waals surface area contributed by atoms with E-state index < -0.39 is 0 Å². The maximum Gasteiger partial charge on any atom is 0.0165 e. The van der Waals surface area contributed by atoms with E-state index >= 15 is 0 Å². The molecule has 0 unspecified atom stereocenters. The molecule has 3 nitrogen and oxygen atoms in total. The molecule has 2 N–H and O–H groups in total. The first kappa shape index (κ1) is 21.8. The highest BCUT2D eigenvalue weighted by Crippen LogP contribution is 2.26. The molecular formula is C18H31IO3. The van der Waals surface area contributed by atoms with Gasteiger partial charge in [-0.2, -0.15) is 0 Å². The number of benzene rings is 1. The largest absolute Gasteiger partial charge is 0.221 e. The van der Waals surface area contributed by atoms with Gasteiger partial charge in [-0.05, 0) is 83.9 Å². The van der Waals surface area contributed by atoms with Crippen LogP contribution in [0.1, 0.15) is 76.0 Å². The van der Waals surface area contributed by atoms with Gasteiger partial charge in [0.05, 0.1) is 0 Å². The quantitative estimate of drug-likeness (QED) is 0.280. The lowest BCUT2D eigenvalue weighted by atomic mass is 9.91. The maximum absolute atomic E-state index is 6.62. The first-order valence-electron chi connectivity index (χ1n) is 8.40. The van der Waals surface area contributed by atoms with Crippen LogP contribution in [0.2, 0.25) is 0 Å².